The van der Waals surface area contributed by atoms with Crippen molar-refractivity contribution in [2.24, 2.45) is 0 Å². The molecule has 4 nitrogen and oxygen atoms in total. The van der Waals surface area contributed by atoms with Gasteiger partial charge >= 0.3 is 0 Å². The summed E-state index contributed by atoms with van der Waals surface area (Å²) in [4.78, 5) is 17.7. The van der Waals surface area contributed by atoms with Gasteiger partial charge in [-0.1, -0.05) is 54.1 Å². The lowest BCUT2D eigenvalue weighted by molar-refractivity contribution is -0.119. The van der Waals surface area contributed by atoms with Crippen LogP contribution in [0.25, 0.3) is 0 Å². The zero-order valence-corrected chi connectivity index (χ0v) is 21.3. The molecule has 1 unspecified atom stereocenters. The molecule has 5 rings (SSSR count). The molecular weight excluding hydrogens is 489 g/mol. The largest absolute Gasteiger partial charge is 0.369 e. The molecule has 0 saturated carbocycles. The molecule has 180 valence electrons. The number of carbonyl (C=O) groups is 1. The van der Waals surface area contributed by atoms with Crippen molar-refractivity contribution in [3.8, 4) is 0 Å². The van der Waals surface area contributed by atoms with Crippen LogP contribution in [0.3, 0.4) is 0 Å². The molecule has 2 heterocycles. The molecule has 1 amide bonds. The number of halogens is 3. The number of piperazine rings is 1. The van der Waals surface area contributed by atoms with Crippen molar-refractivity contribution >= 4 is 53.7 Å². The molecule has 1 saturated heterocycles. The lowest BCUT2D eigenvalue weighted by atomic mass is 9.84. The summed E-state index contributed by atoms with van der Waals surface area (Å²) in [5.74, 6) is 0.351. The first-order valence-electron chi connectivity index (χ1n) is 11.4. The lowest BCUT2D eigenvalue weighted by Gasteiger charge is -2.36. The van der Waals surface area contributed by atoms with Crippen LogP contribution in [0.1, 0.15) is 29.0 Å². The van der Waals surface area contributed by atoms with Crippen molar-refractivity contribution in [1.29, 1.82) is 0 Å². The monoisotopic (exact) mass is 517 g/mol. The summed E-state index contributed by atoms with van der Waals surface area (Å²) in [5, 5.41) is 4.17. The zero-order chi connectivity index (χ0) is 21.9. The highest BCUT2D eigenvalue weighted by atomic mass is 35.5. The van der Waals surface area contributed by atoms with Crippen LogP contribution in [-0.4, -0.2) is 32.1 Å². The third kappa shape index (κ3) is 5.87. The summed E-state index contributed by atoms with van der Waals surface area (Å²) in [6, 6.07) is 24.9. The van der Waals surface area contributed by atoms with Crippen LogP contribution in [-0.2, 0) is 17.8 Å². The maximum atomic E-state index is 13.3. The Morgan fingerprint density at radius 3 is 2.29 bits per heavy atom. The fraction of sp³-hybridized carbons (Fsp3) is 0.296. The van der Waals surface area contributed by atoms with E-state index in [1.807, 2.05) is 35.2 Å². The Morgan fingerprint density at radius 1 is 0.882 bits per heavy atom. The highest BCUT2D eigenvalue weighted by molar-refractivity contribution is 6.30. The summed E-state index contributed by atoms with van der Waals surface area (Å²) in [5.41, 5.74) is 5.92. The van der Waals surface area contributed by atoms with Gasteiger partial charge in [0, 0.05) is 49.0 Å². The van der Waals surface area contributed by atoms with Gasteiger partial charge in [-0.05, 0) is 59.4 Å². The van der Waals surface area contributed by atoms with Gasteiger partial charge in [0.25, 0.3) is 0 Å². The predicted octanol–water partition coefficient (Wildman–Crippen LogP) is 5.86. The molecule has 0 aliphatic carbocycles. The van der Waals surface area contributed by atoms with E-state index in [0.717, 1.165) is 48.9 Å². The van der Waals surface area contributed by atoms with E-state index in [1.165, 1.54) is 16.8 Å². The Hall–Kier alpha value is -2.24. The molecule has 0 spiro atoms. The molecule has 3 aromatic rings. The average Bonchev–Trinajstić information content (AvgIpc) is 2.84. The Bertz CT molecular complexity index is 1090. The van der Waals surface area contributed by atoms with Gasteiger partial charge in [-0.15, -0.1) is 24.8 Å². The van der Waals surface area contributed by atoms with E-state index in [4.69, 9.17) is 11.6 Å². The molecule has 0 aromatic heterocycles. The third-order valence-corrected chi connectivity index (χ3v) is 6.78. The third-order valence-electron chi connectivity index (χ3n) is 6.52. The fourth-order valence-electron chi connectivity index (χ4n) is 4.83. The minimum Gasteiger partial charge on any atom is -0.369 e. The normalized spacial score (nSPS) is 17.4. The topological polar surface area (TPSA) is 35.6 Å². The molecule has 0 radical (unpaired) electrons. The van der Waals surface area contributed by atoms with Gasteiger partial charge in [-0.2, -0.15) is 0 Å². The highest BCUT2D eigenvalue weighted by Crippen LogP contribution is 2.41. The Morgan fingerprint density at radius 2 is 1.59 bits per heavy atom. The second-order valence-electron chi connectivity index (χ2n) is 8.68. The Labute approximate surface area is 219 Å². The van der Waals surface area contributed by atoms with Crippen molar-refractivity contribution in [3.05, 3.63) is 94.5 Å². The highest BCUT2D eigenvalue weighted by Gasteiger charge is 2.32. The van der Waals surface area contributed by atoms with Gasteiger partial charge < -0.3 is 15.1 Å². The van der Waals surface area contributed by atoms with E-state index in [-0.39, 0.29) is 36.6 Å². The smallest absolute Gasteiger partial charge is 0.227 e. The molecule has 34 heavy (non-hydrogen) atoms. The summed E-state index contributed by atoms with van der Waals surface area (Å²) >= 11 is 6.09. The maximum Gasteiger partial charge on any atom is 0.227 e. The summed E-state index contributed by atoms with van der Waals surface area (Å²) in [6.45, 7) is 4.63. The summed E-state index contributed by atoms with van der Waals surface area (Å²) in [6.07, 6.45) is 1.35. The first kappa shape index (κ1) is 26.4. The number of fused-ring (bicyclic) bond motifs is 1. The molecule has 3 aromatic carbocycles. The van der Waals surface area contributed by atoms with Gasteiger partial charge in [0.05, 0.1) is 6.54 Å². The van der Waals surface area contributed by atoms with Crippen LogP contribution in [0.15, 0.2) is 72.8 Å². The van der Waals surface area contributed by atoms with Gasteiger partial charge in [-0.25, -0.2) is 0 Å². The first-order valence-corrected chi connectivity index (χ1v) is 11.7. The van der Waals surface area contributed by atoms with Crippen LogP contribution in [0.2, 0.25) is 5.02 Å². The van der Waals surface area contributed by atoms with Crippen molar-refractivity contribution in [1.82, 2.24) is 5.32 Å². The standard InChI is InChI=1S/C27H28ClN3O.2ClH/c28-23-8-6-20(7-9-23)16-22-17-27(32)31(19-21-4-2-1-3-5-21)26-11-10-24(18-25(22)26)30-14-12-29-13-15-30;;/h1-11,18,22,29H,12-17,19H2;2*1H. The van der Waals surface area contributed by atoms with Crippen molar-refractivity contribution < 1.29 is 4.79 Å². The molecule has 1 atom stereocenters. The average molecular weight is 519 g/mol. The quantitative estimate of drug-likeness (QED) is 0.460. The van der Waals surface area contributed by atoms with Crippen molar-refractivity contribution in [2.75, 3.05) is 36.0 Å². The molecule has 1 N–H and O–H groups in total. The number of nitrogens with zero attached hydrogens (tertiary/aromatic N) is 2. The van der Waals surface area contributed by atoms with Crippen molar-refractivity contribution in [3.63, 3.8) is 0 Å². The number of hydrogen-bond donors (Lipinski definition) is 1. The van der Waals surface area contributed by atoms with E-state index >= 15 is 0 Å². The molecule has 7 heteroatoms. The van der Waals surface area contributed by atoms with E-state index in [2.05, 4.69) is 52.7 Å². The molecule has 2 aliphatic rings. The molecule has 1 fully saturated rings. The SMILES string of the molecule is Cl.Cl.O=C1CC(Cc2ccc(Cl)cc2)c2cc(N3CCNCC3)ccc2N1Cc1ccccc1. The van der Waals surface area contributed by atoms with Gasteiger partial charge in [0.2, 0.25) is 5.91 Å². The lowest BCUT2D eigenvalue weighted by Crippen LogP contribution is -2.43. The van der Waals surface area contributed by atoms with Crippen molar-refractivity contribution in [2.45, 2.75) is 25.3 Å². The predicted molar refractivity (Wildman–Crippen MR) is 146 cm³/mol. The minimum atomic E-state index is 0. The van der Waals surface area contributed by atoms with Crippen LogP contribution in [0, 0.1) is 0 Å². The molecule has 2 aliphatic heterocycles. The van der Waals surface area contributed by atoms with Gasteiger partial charge in [0.15, 0.2) is 0 Å². The number of anilines is 2. The second kappa shape index (κ2) is 11.9. The fourth-order valence-corrected chi connectivity index (χ4v) is 4.95. The van der Waals surface area contributed by atoms with Crippen LogP contribution < -0.4 is 15.1 Å². The zero-order valence-electron chi connectivity index (χ0n) is 19.0. The Kier molecular flexibility index (Phi) is 9.26. The minimum absolute atomic E-state index is 0. The second-order valence-corrected chi connectivity index (χ2v) is 9.11. The van der Waals surface area contributed by atoms with E-state index in [9.17, 15) is 4.79 Å². The number of rotatable bonds is 5. The molecular formula is C27H30Cl3N3O. The number of carbonyl (C=O) groups excluding carboxylic acids is 1. The van der Waals surface area contributed by atoms with Gasteiger partial charge in [-0.3, -0.25) is 4.79 Å². The number of nitrogens with one attached hydrogen (secondary N) is 1. The van der Waals surface area contributed by atoms with Crippen LogP contribution in [0.5, 0.6) is 0 Å². The van der Waals surface area contributed by atoms with Crippen LogP contribution >= 0.6 is 36.4 Å². The van der Waals surface area contributed by atoms with Crippen LogP contribution in [0.4, 0.5) is 11.4 Å². The Balaban J connectivity index is 0.00000162. The maximum absolute atomic E-state index is 13.3. The summed E-state index contributed by atoms with van der Waals surface area (Å²) < 4.78 is 0. The number of hydrogen-bond acceptors (Lipinski definition) is 3. The van der Waals surface area contributed by atoms with Gasteiger partial charge in [0.1, 0.15) is 0 Å². The van der Waals surface area contributed by atoms with E-state index in [1.54, 1.807) is 0 Å². The van der Waals surface area contributed by atoms with E-state index in [0.29, 0.717) is 13.0 Å². The number of benzene rings is 3. The molecule has 0 bridgehead atoms. The van der Waals surface area contributed by atoms with E-state index < -0.39 is 0 Å². The summed E-state index contributed by atoms with van der Waals surface area (Å²) in [7, 11) is 0. The number of amides is 1. The first-order chi connectivity index (χ1) is 15.7.